The number of aromatic nitrogens is 1. The predicted molar refractivity (Wildman–Crippen MR) is 110 cm³/mol. The third kappa shape index (κ3) is 4.31. The van der Waals surface area contributed by atoms with Crippen LogP contribution in [0.1, 0.15) is 81.5 Å². The van der Waals surface area contributed by atoms with E-state index in [9.17, 15) is 14.4 Å². The maximum atomic E-state index is 13.0. The summed E-state index contributed by atoms with van der Waals surface area (Å²) in [5, 5.41) is 2.87. The highest BCUT2D eigenvalue weighted by Crippen LogP contribution is 2.28. The molecular formula is C22H35N3O3. The van der Waals surface area contributed by atoms with Crippen LogP contribution in [0.25, 0.3) is 0 Å². The van der Waals surface area contributed by atoms with E-state index in [0.29, 0.717) is 24.3 Å². The largest absolute Gasteiger partial charge is 0.348 e. The summed E-state index contributed by atoms with van der Waals surface area (Å²) >= 11 is 0. The number of rotatable bonds is 10. The average Bonchev–Trinajstić information content (AvgIpc) is 3.02. The van der Waals surface area contributed by atoms with Gasteiger partial charge in [-0.25, -0.2) is 4.79 Å². The molecule has 1 aliphatic rings. The molecule has 6 nitrogen and oxygen atoms in total. The molecule has 0 aliphatic carbocycles. The van der Waals surface area contributed by atoms with Crippen molar-refractivity contribution in [2.24, 2.45) is 5.92 Å². The van der Waals surface area contributed by atoms with E-state index in [2.05, 4.69) is 23.7 Å². The van der Waals surface area contributed by atoms with Gasteiger partial charge < -0.3 is 9.88 Å². The number of Topliss-reactive ketones (excluding diaryl/α,β-unsaturated/α-hetero) is 1. The van der Waals surface area contributed by atoms with Crippen LogP contribution in [0.4, 0.5) is 4.79 Å². The van der Waals surface area contributed by atoms with E-state index < -0.39 is 11.6 Å². The molecule has 6 heteroatoms. The zero-order valence-corrected chi connectivity index (χ0v) is 18.2. The van der Waals surface area contributed by atoms with Crippen LogP contribution in [0.2, 0.25) is 0 Å². The Labute approximate surface area is 168 Å². The number of aryl methyl sites for hydroxylation is 1. The monoisotopic (exact) mass is 389 g/mol. The lowest BCUT2D eigenvalue weighted by Crippen LogP contribution is -2.47. The lowest BCUT2D eigenvalue weighted by atomic mass is 9.88. The minimum absolute atomic E-state index is 0.184. The Kier molecular flexibility index (Phi) is 7.07. The number of carbonyl (C=O) groups is 3. The minimum atomic E-state index is -0.852. The van der Waals surface area contributed by atoms with Gasteiger partial charge in [0.2, 0.25) is 0 Å². The average molecular weight is 390 g/mol. The first-order valence-electron chi connectivity index (χ1n) is 10.5. The molecule has 1 aromatic rings. The lowest BCUT2D eigenvalue weighted by Gasteiger charge is -2.25. The Morgan fingerprint density at radius 2 is 1.75 bits per heavy atom. The van der Waals surface area contributed by atoms with E-state index in [-0.39, 0.29) is 18.2 Å². The standard InChI is InChI=1S/C22H35N3O3/c1-7-10-22(11-8-2)20(27)25(21(28)23-22)14-19(26)18-13-16(5)24(17(18)6)12-9-15(3)4/h13,15H,7-12,14H2,1-6H3,(H,23,28). The third-order valence-corrected chi connectivity index (χ3v) is 5.71. The molecular weight excluding hydrogens is 354 g/mol. The SMILES string of the molecule is CCCC1(CCC)NC(=O)N(CC(=O)c2cc(C)n(CCC(C)C)c2C)C1=O. The van der Waals surface area contributed by atoms with Crippen molar-refractivity contribution in [3.8, 4) is 0 Å². The number of hydrogen-bond donors (Lipinski definition) is 1. The highest BCUT2D eigenvalue weighted by molar-refractivity contribution is 6.11. The molecule has 0 bridgehead atoms. The molecule has 0 atom stereocenters. The van der Waals surface area contributed by atoms with Gasteiger partial charge in [0.25, 0.3) is 5.91 Å². The van der Waals surface area contributed by atoms with Gasteiger partial charge in [-0.3, -0.25) is 14.5 Å². The topological polar surface area (TPSA) is 71.4 Å². The Morgan fingerprint density at radius 1 is 1.14 bits per heavy atom. The van der Waals surface area contributed by atoms with Crippen molar-refractivity contribution in [3.05, 3.63) is 23.0 Å². The highest BCUT2D eigenvalue weighted by atomic mass is 16.2. The van der Waals surface area contributed by atoms with Gasteiger partial charge in [-0.15, -0.1) is 0 Å². The molecule has 0 radical (unpaired) electrons. The molecule has 1 N–H and O–H groups in total. The van der Waals surface area contributed by atoms with Crippen molar-refractivity contribution in [1.82, 2.24) is 14.8 Å². The molecule has 1 aromatic heterocycles. The molecule has 2 rings (SSSR count). The summed E-state index contributed by atoms with van der Waals surface area (Å²) < 4.78 is 2.15. The molecule has 0 saturated carbocycles. The lowest BCUT2D eigenvalue weighted by molar-refractivity contribution is -0.131. The van der Waals surface area contributed by atoms with Crippen LogP contribution in [0, 0.1) is 19.8 Å². The minimum Gasteiger partial charge on any atom is -0.348 e. The summed E-state index contributed by atoms with van der Waals surface area (Å²) in [6.07, 6.45) is 3.82. The predicted octanol–water partition coefficient (Wildman–Crippen LogP) is 4.22. The number of urea groups is 1. The fraction of sp³-hybridized carbons (Fsp3) is 0.682. The van der Waals surface area contributed by atoms with E-state index in [1.807, 2.05) is 33.8 Å². The van der Waals surface area contributed by atoms with E-state index in [1.165, 1.54) is 0 Å². The van der Waals surface area contributed by atoms with Crippen molar-refractivity contribution in [2.45, 2.75) is 85.7 Å². The van der Waals surface area contributed by atoms with E-state index in [1.54, 1.807) is 0 Å². The smallest absolute Gasteiger partial charge is 0.325 e. The molecule has 156 valence electrons. The number of nitrogens with zero attached hydrogens (tertiary/aromatic N) is 2. The van der Waals surface area contributed by atoms with Gasteiger partial charge in [0.15, 0.2) is 5.78 Å². The molecule has 1 fully saturated rings. The number of imide groups is 1. The molecule has 0 unspecified atom stereocenters. The molecule has 1 saturated heterocycles. The van der Waals surface area contributed by atoms with Crippen LogP contribution >= 0.6 is 0 Å². The summed E-state index contributed by atoms with van der Waals surface area (Å²) in [7, 11) is 0. The zero-order chi connectivity index (χ0) is 21.1. The number of nitrogens with one attached hydrogen (secondary N) is 1. The van der Waals surface area contributed by atoms with Crippen molar-refractivity contribution >= 4 is 17.7 Å². The second kappa shape index (κ2) is 8.93. The van der Waals surface area contributed by atoms with Crippen LogP contribution in [0.5, 0.6) is 0 Å². The molecule has 1 aliphatic heterocycles. The molecule has 0 spiro atoms. The van der Waals surface area contributed by atoms with Crippen LogP contribution in [-0.4, -0.2) is 39.3 Å². The summed E-state index contributed by atoms with van der Waals surface area (Å²) in [5.74, 6) is 0.135. The Morgan fingerprint density at radius 3 is 2.29 bits per heavy atom. The van der Waals surface area contributed by atoms with Crippen LogP contribution in [0.15, 0.2) is 6.07 Å². The summed E-state index contributed by atoms with van der Waals surface area (Å²) in [4.78, 5) is 39.6. The second-order valence-corrected chi connectivity index (χ2v) is 8.45. The van der Waals surface area contributed by atoms with Gasteiger partial charge in [-0.05, 0) is 45.1 Å². The van der Waals surface area contributed by atoms with Gasteiger partial charge in [0.05, 0.1) is 6.54 Å². The first kappa shape index (κ1) is 22.2. The number of amides is 3. The van der Waals surface area contributed by atoms with E-state index in [4.69, 9.17) is 0 Å². The molecule has 2 heterocycles. The molecule has 0 aromatic carbocycles. The first-order valence-corrected chi connectivity index (χ1v) is 10.5. The molecule has 28 heavy (non-hydrogen) atoms. The Hall–Kier alpha value is -2.11. The summed E-state index contributed by atoms with van der Waals surface area (Å²) in [5.41, 5.74) is 1.69. The second-order valence-electron chi connectivity index (χ2n) is 8.45. The van der Waals surface area contributed by atoms with Crippen LogP contribution in [0.3, 0.4) is 0 Å². The summed E-state index contributed by atoms with van der Waals surface area (Å²) in [6, 6.07) is 1.43. The molecule has 3 amide bonds. The normalized spacial score (nSPS) is 16.2. The quantitative estimate of drug-likeness (QED) is 0.481. The van der Waals surface area contributed by atoms with Crippen LogP contribution < -0.4 is 5.32 Å². The van der Waals surface area contributed by atoms with Crippen molar-refractivity contribution in [3.63, 3.8) is 0 Å². The van der Waals surface area contributed by atoms with E-state index in [0.717, 1.165) is 42.1 Å². The third-order valence-electron chi connectivity index (χ3n) is 5.71. The van der Waals surface area contributed by atoms with Gasteiger partial charge >= 0.3 is 6.03 Å². The van der Waals surface area contributed by atoms with Gasteiger partial charge in [0, 0.05) is 23.5 Å². The van der Waals surface area contributed by atoms with Gasteiger partial charge in [-0.1, -0.05) is 40.5 Å². The van der Waals surface area contributed by atoms with Crippen molar-refractivity contribution in [1.29, 1.82) is 0 Å². The number of carbonyl (C=O) groups excluding carboxylic acids is 3. The fourth-order valence-electron chi connectivity index (χ4n) is 4.18. The van der Waals surface area contributed by atoms with Crippen molar-refractivity contribution in [2.75, 3.05) is 6.54 Å². The zero-order valence-electron chi connectivity index (χ0n) is 18.2. The van der Waals surface area contributed by atoms with E-state index >= 15 is 0 Å². The Balaban J connectivity index is 2.20. The summed E-state index contributed by atoms with van der Waals surface area (Å²) in [6.45, 7) is 12.9. The first-order chi connectivity index (χ1) is 13.2. The van der Waals surface area contributed by atoms with Gasteiger partial charge in [-0.2, -0.15) is 0 Å². The van der Waals surface area contributed by atoms with Gasteiger partial charge in [0.1, 0.15) is 5.54 Å². The maximum Gasteiger partial charge on any atom is 0.325 e. The van der Waals surface area contributed by atoms with Crippen molar-refractivity contribution < 1.29 is 14.4 Å². The fourth-order valence-corrected chi connectivity index (χ4v) is 4.18. The number of ketones is 1. The number of hydrogen-bond acceptors (Lipinski definition) is 3. The Bertz CT molecular complexity index is 742. The van der Waals surface area contributed by atoms with Crippen LogP contribution in [-0.2, 0) is 11.3 Å². The maximum absolute atomic E-state index is 13.0. The highest BCUT2D eigenvalue weighted by Gasteiger charge is 2.50.